The number of carbonyl (C=O) groups excluding carboxylic acids is 1. The van der Waals surface area contributed by atoms with Gasteiger partial charge in [0, 0.05) is 6.54 Å². The van der Waals surface area contributed by atoms with Gasteiger partial charge >= 0.3 is 59.1 Å². The van der Waals surface area contributed by atoms with Crippen LogP contribution in [0.3, 0.4) is 0 Å². The summed E-state index contributed by atoms with van der Waals surface area (Å²) in [5.74, 6) is -0.998. The zero-order chi connectivity index (χ0) is 27.0. The van der Waals surface area contributed by atoms with Gasteiger partial charge in [0.05, 0.1) is 12.7 Å². The summed E-state index contributed by atoms with van der Waals surface area (Å²) in [6.45, 7) is 3.82. The van der Waals surface area contributed by atoms with E-state index in [1.807, 2.05) is 0 Å². The summed E-state index contributed by atoms with van der Waals surface area (Å²) in [7, 11) is -10.1. The molecule has 1 amide bonds. The summed E-state index contributed by atoms with van der Waals surface area (Å²) in [5.41, 5.74) is 0. The Bertz CT molecular complexity index is 836. The van der Waals surface area contributed by atoms with E-state index in [0.717, 1.165) is 0 Å². The third kappa shape index (κ3) is 16.1. The summed E-state index contributed by atoms with van der Waals surface area (Å²) < 4.78 is 78.6. The Morgan fingerprint density at radius 3 is 1.92 bits per heavy atom. The molecule has 0 aliphatic carbocycles. The topological polar surface area (TPSA) is 313 Å². The second-order valence-electron chi connectivity index (χ2n) is 6.63. The van der Waals surface area contributed by atoms with Crippen molar-refractivity contribution >= 4 is 26.7 Å². The van der Waals surface area contributed by atoms with Crippen LogP contribution in [0, 0.1) is 6.92 Å². The molecule has 36 heavy (non-hydrogen) atoms. The molecule has 0 aromatic rings. The molecule has 1 aliphatic rings. The summed E-state index contributed by atoms with van der Waals surface area (Å²) >= 11 is 0. The molecule has 1 aliphatic heterocycles. The average Bonchev–Trinajstić information content (AvgIpc) is 2.67. The van der Waals surface area contributed by atoms with Gasteiger partial charge in [-0.05, 0) is 13.0 Å². The third-order valence-electron chi connectivity index (χ3n) is 4.00. The molecule has 204 valence electrons. The minimum absolute atomic E-state index is 0. The molecule has 9 atom stereocenters. The minimum atomic E-state index is -5.17. The standard InChI is InChI=1S/C14H26NO13S.2Na.H2O4S/c1-3-15-13(22)10(20)9(19)12(5(2)16)28-14-11(21)8(18)7(17)6(27-14)4-26-29(23,24)25;;;1-5(2,3)4/h5-12,14,16-21H,2-4H2,1H3,(H,15,22)(H,23,24,25);;;(H2,1,2,3,4)/q-1;2*+1;/p-2/t5-,6?,7+,8+,9-,10-,11?,12-,14+;;;/m1.../s1. The molecule has 8 N–H and O–H groups in total. The number of likely N-dealkylation sites (N-methyl/N-ethyl adjacent to an activating group) is 1. The number of rotatable bonds is 10. The van der Waals surface area contributed by atoms with E-state index in [2.05, 4.69) is 16.4 Å². The Balaban J connectivity index is -0.00000141. The Morgan fingerprint density at radius 1 is 1.06 bits per heavy atom. The van der Waals surface area contributed by atoms with E-state index in [-0.39, 0.29) is 65.7 Å². The van der Waals surface area contributed by atoms with Crippen LogP contribution in [0.1, 0.15) is 6.92 Å². The molecule has 1 saturated heterocycles. The quantitative estimate of drug-likeness (QED) is 0.0506. The molecule has 0 bridgehead atoms. The van der Waals surface area contributed by atoms with Crippen LogP contribution < -0.4 is 64.4 Å². The van der Waals surface area contributed by atoms with Crippen molar-refractivity contribution in [2.75, 3.05) is 13.2 Å². The maximum absolute atomic E-state index is 11.7. The predicted molar refractivity (Wildman–Crippen MR) is 102 cm³/mol. The molecular weight excluding hydrogens is 564 g/mol. The van der Waals surface area contributed by atoms with Crippen molar-refractivity contribution in [2.24, 2.45) is 0 Å². The SMILES string of the molecule is O=S(=O)([O-])O.[CH2-][C@@H](O)[C@@H](O[C@@H]1OC(COS(=O)(=O)[O-])[C@H](O)[C@H](O)C1O)[C@H](O)[C@@H](O)C(=O)NCC.[Na+].[Na+]. The number of hydrogen-bond donors (Lipinski definition) is 8. The van der Waals surface area contributed by atoms with Crippen molar-refractivity contribution in [3.05, 3.63) is 6.92 Å². The Morgan fingerprint density at radius 2 is 1.53 bits per heavy atom. The van der Waals surface area contributed by atoms with Gasteiger partial charge in [-0.15, -0.1) is 0 Å². The largest absolute Gasteiger partial charge is 1.00 e. The molecule has 18 nitrogen and oxygen atoms in total. The van der Waals surface area contributed by atoms with Crippen molar-refractivity contribution in [1.29, 1.82) is 0 Å². The summed E-state index contributed by atoms with van der Waals surface area (Å²) in [4.78, 5) is 11.7. The van der Waals surface area contributed by atoms with Crippen molar-refractivity contribution in [3.8, 4) is 0 Å². The second-order valence-corrected chi connectivity index (χ2v) is 8.54. The Labute approximate surface area is 251 Å². The Kier molecular flexibility index (Phi) is 21.0. The normalized spacial score (nSPS) is 27.6. The van der Waals surface area contributed by atoms with Gasteiger partial charge in [-0.3, -0.25) is 13.5 Å². The first-order chi connectivity index (χ1) is 15.3. The van der Waals surface area contributed by atoms with Gasteiger partial charge in [-0.1, -0.05) is 0 Å². The number of nitrogens with one attached hydrogen (secondary N) is 1. The maximum Gasteiger partial charge on any atom is 1.00 e. The Hall–Kier alpha value is 0.890. The third-order valence-corrected chi connectivity index (χ3v) is 4.42. The zero-order valence-corrected chi connectivity index (χ0v) is 25.0. The second kappa shape index (κ2) is 18.3. The molecule has 0 aromatic heterocycles. The molecule has 0 radical (unpaired) electrons. The fourth-order valence-corrected chi connectivity index (χ4v) is 2.79. The molecule has 22 heteroatoms. The van der Waals surface area contributed by atoms with Crippen LogP contribution in [0.15, 0.2) is 0 Å². The fourth-order valence-electron chi connectivity index (χ4n) is 2.48. The first-order valence-corrected chi connectivity index (χ1v) is 11.8. The molecule has 1 rings (SSSR count). The van der Waals surface area contributed by atoms with E-state index in [0.29, 0.717) is 0 Å². The molecule has 1 heterocycles. The fraction of sp³-hybridized carbons (Fsp3) is 0.857. The van der Waals surface area contributed by atoms with Crippen LogP contribution >= 0.6 is 0 Å². The van der Waals surface area contributed by atoms with Gasteiger partial charge in [0.1, 0.15) is 30.5 Å². The van der Waals surface area contributed by atoms with Crippen LogP contribution in [0.25, 0.3) is 0 Å². The van der Waals surface area contributed by atoms with E-state index in [1.54, 1.807) is 6.92 Å². The van der Waals surface area contributed by atoms with Crippen molar-refractivity contribution in [1.82, 2.24) is 5.32 Å². The van der Waals surface area contributed by atoms with Gasteiger partial charge in [0.25, 0.3) is 5.91 Å². The predicted octanol–water partition coefficient (Wildman–Crippen LogP) is -12.3. The van der Waals surface area contributed by atoms with E-state index in [9.17, 15) is 48.4 Å². The maximum atomic E-state index is 11.7. The number of carbonyl (C=O) groups is 1. The van der Waals surface area contributed by atoms with Crippen molar-refractivity contribution < 1.29 is 139 Å². The molecule has 0 aromatic carbocycles. The molecule has 2 unspecified atom stereocenters. The van der Waals surface area contributed by atoms with Crippen LogP contribution in [0.5, 0.6) is 0 Å². The van der Waals surface area contributed by atoms with Crippen molar-refractivity contribution in [2.45, 2.75) is 62.0 Å². The zero-order valence-electron chi connectivity index (χ0n) is 19.3. The minimum Gasteiger partial charge on any atom is -0.726 e. The van der Waals surface area contributed by atoms with Crippen LogP contribution in [-0.4, -0.2) is 135 Å². The van der Waals surface area contributed by atoms with Gasteiger partial charge in [0.15, 0.2) is 12.4 Å². The monoisotopic (exact) mass is 590 g/mol. The molecule has 0 spiro atoms. The van der Waals surface area contributed by atoms with Crippen LogP contribution in [0.4, 0.5) is 0 Å². The molecular formula is C14H26NNa2O17S2-. The van der Waals surface area contributed by atoms with E-state index in [4.69, 9.17) is 27.0 Å². The number of hydrogen-bond acceptors (Lipinski definition) is 16. The average molecular weight is 590 g/mol. The number of ether oxygens (including phenoxy) is 2. The smallest absolute Gasteiger partial charge is 0.726 e. The first-order valence-electron chi connectivity index (χ1n) is 9.08. The van der Waals surface area contributed by atoms with Gasteiger partial charge in [-0.25, -0.2) is 16.8 Å². The van der Waals surface area contributed by atoms with E-state index < -0.39 is 88.4 Å². The summed E-state index contributed by atoms with van der Waals surface area (Å²) in [5, 5.41) is 61.6. The van der Waals surface area contributed by atoms with Gasteiger partial charge in [0.2, 0.25) is 20.8 Å². The number of aliphatic hydroxyl groups excluding tert-OH is 6. The number of amides is 1. The van der Waals surface area contributed by atoms with Crippen LogP contribution in [0.2, 0.25) is 0 Å². The molecule has 1 fully saturated rings. The van der Waals surface area contributed by atoms with Gasteiger partial charge < -0.3 is 61.5 Å². The number of aliphatic hydroxyl groups is 6. The van der Waals surface area contributed by atoms with E-state index in [1.165, 1.54) is 0 Å². The summed E-state index contributed by atoms with van der Waals surface area (Å²) in [6, 6.07) is 0. The summed E-state index contributed by atoms with van der Waals surface area (Å²) in [6.07, 6.45) is -17.2. The molecule has 0 saturated carbocycles. The van der Waals surface area contributed by atoms with Crippen LogP contribution in [-0.2, 0) is 39.2 Å². The van der Waals surface area contributed by atoms with Crippen molar-refractivity contribution in [3.63, 3.8) is 0 Å². The van der Waals surface area contributed by atoms with Gasteiger partial charge in [-0.2, -0.15) is 0 Å². The first kappa shape index (κ1) is 41.4. The van der Waals surface area contributed by atoms with E-state index >= 15 is 0 Å².